The fraction of sp³-hybridized carbons (Fsp3) is 0.429. The van der Waals surface area contributed by atoms with Gasteiger partial charge < -0.3 is 10.6 Å². The standard InChI is InChI=1S/C21H27FN4O/c1-16-17(9-10-20(22)24-16)14-23-18-7-6-8-19(13-18)25-21(27)15-26-11-4-2-3-5-12-26/h6-10,13,23H,2-5,11-12,14-15H2,1H3,(H,25,27). The lowest BCUT2D eigenvalue weighted by molar-refractivity contribution is -0.117. The number of pyridine rings is 1. The molecule has 0 radical (unpaired) electrons. The van der Waals surface area contributed by atoms with Crippen molar-refractivity contribution in [1.29, 1.82) is 0 Å². The number of rotatable bonds is 6. The minimum absolute atomic E-state index is 0.0210. The van der Waals surface area contributed by atoms with Gasteiger partial charge in [0, 0.05) is 23.6 Å². The van der Waals surface area contributed by atoms with E-state index in [-0.39, 0.29) is 5.91 Å². The van der Waals surface area contributed by atoms with Gasteiger partial charge >= 0.3 is 0 Å². The Balaban J connectivity index is 1.54. The number of benzene rings is 1. The Morgan fingerprint density at radius 1 is 1.11 bits per heavy atom. The second-order valence-electron chi connectivity index (χ2n) is 7.05. The van der Waals surface area contributed by atoms with Crippen molar-refractivity contribution in [3.8, 4) is 0 Å². The molecule has 2 heterocycles. The van der Waals surface area contributed by atoms with Gasteiger partial charge in [0.25, 0.3) is 0 Å². The molecule has 1 aliphatic heterocycles. The molecule has 0 bridgehead atoms. The van der Waals surface area contributed by atoms with Crippen LogP contribution in [-0.2, 0) is 11.3 Å². The van der Waals surface area contributed by atoms with Gasteiger partial charge in [0.15, 0.2) is 0 Å². The van der Waals surface area contributed by atoms with E-state index < -0.39 is 5.95 Å². The third kappa shape index (κ3) is 6.03. The quantitative estimate of drug-likeness (QED) is 0.756. The number of aromatic nitrogens is 1. The molecule has 5 nitrogen and oxygen atoms in total. The minimum Gasteiger partial charge on any atom is -0.381 e. The number of nitrogens with zero attached hydrogens (tertiary/aromatic N) is 2. The molecule has 2 aromatic rings. The van der Waals surface area contributed by atoms with Crippen LogP contribution in [0.25, 0.3) is 0 Å². The van der Waals surface area contributed by atoms with Crippen LogP contribution in [0.2, 0.25) is 0 Å². The second kappa shape index (κ2) is 9.46. The third-order valence-electron chi connectivity index (χ3n) is 4.86. The van der Waals surface area contributed by atoms with Gasteiger partial charge in [0.2, 0.25) is 11.9 Å². The van der Waals surface area contributed by atoms with Gasteiger partial charge in [-0.05, 0) is 62.7 Å². The van der Waals surface area contributed by atoms with Crippen LogP contribution < -0.4 is 10.6 Å². The molecule has 27 heavy (non-hydrogen) atoms. The fourth-order valence-corrected chi connectivity index (χ4v) is 3.35. The van der Waals surface area contributed by atoms with Crippen molar-refractivity contribution in [2.75, 3.05) is 30.3 Å². The molecule has 1 aliphatic rings. The number of anilines is 2. The molecular weight excluding hydrogens is 343 g/mol. The summed E-state index contributed by atoms with van der Waals surface area (Å²) < 4.78 is 13.1. The van der Waals surface area contributed by atoms with Crippen molar-refractivity contribution < 1.29 is 9.18 Å². The molecular formula is C21H27FN4O. The van der Waals surface area contributed by atoms with E-state index in [4.69, 9.17) is 0 Å². The highest BCUT2D eigenvalue weighted by atomic mass is 19.1. The normalized spacial score (nSPS) is 15.2. The highest BCUT2D eigenvalue weighted by molar-refractivity contribution is 5.92. The summed E-state index contributed by atoms with van der Waals surface area (Å²) >= 11 is 0. The van der Waals surface area contributed by atoms with Gasteiger partial charge in [-0.2, -0.15) is 4.39 Å². The zero-order valence-electron chi connectivity index (χ0n) is 15.8. The van der Waals surface area contributed by atoms with Crippen LogP contribution in [0.5, 0.6) is 0 Å². The Hall–Kier alpha value is -2.47. The molecule has 1 saturated heterocycles. The molecule has 1 aromatic carbocycles. The van der Waals surface area contributed by atoms with E-state index in [0.29, 0.717) is 18.8 Å². The lowest BCUT2D eigenvalue weighted by atomic mass is 10.2. The maximum Gasteiger partial charge on any atom is 0.238 e. The molecule has 0 atom stereocenters. The Bertz CT molecular complexity index is 773. The van der Waals surface area contributed by atoms with Crippen molar-refractivity contribution in [2.45, 2.75) is 39.2 Å². The molecule has 144 valence electrons. The summed E-state index contributed by atoms with van der Waals surface area (Å²) in [6, 6.07) is 10.7. The Kier molecular flexibility index (Phi) is 6.76. The first-order chi connectivity index (χ1) is 13.1. The predicted molar refractivity (Wildman–Crippen MR) is 106 cm³/mol. The van der Waals surface area contributed by atoms with E-state index in [1.165, 1.54) is 31.7 Å². The molecule has 0 spiro atoms. The van der Waals surface area contributed by atoms with E-state index in [0.717, 1.165) is 30.0 Å². The smallest absolute Gasteiger partial charge is 0.238 e. The number of halogens is 1. The van der Waals surface area contributed by atoms with Crippen LogP contribution in [0.1, 0.15) is 36.9 Å². The number of hydrogen-bond donors (Lipinski definition) is 2. The number of aryl methyl sites for hydroxylation is 1. The van der Waals surface area contributed by atoms with Crippen LogP contribution in [0.15, 0.2) is 36.4 Å². The van der Waals surface area contributed by atoms with Gasteiger partial charge in [0.1, 0.15) is 0 Å². The average molecular weight is 370 g/mol. The van der Waals surface area contributed by atoms with E-state index in [2.05, 4.69) is 20.5 Å². The summed E-state index contributed by atoms with van der Waals surface area (Å²) in [5.74, 6) is -0.446. The monoisotopic (exact) mass is 370 g/mol. The number of nitrogens with one attached hydrogen (secondary N) is 2. The first-order valence-corrected chi connectivity index (χ1v) is 9.58. The topological polar surface area (TPSA) is 57.3 Å². The van der Waals surface area contributed by atoms with Crippen molar-refractivity contribution in [3.63, 3.8) is 0 Å². The summed E-state index contributed by atoms with van der Waals surface area (Å²) in [4.78, 5) is 18.4. The molecule has 2 N–H and O–H groups in total. The number of likely N-dealkylation sites (tertiary alicyclic amines) is 1. The van der Waals surface area contributed by atoms with Crippen LogP contribution in [0.3, 0.4) is 0 Å². The Morgan fingerprint density at radius 2 is 1.85 bits per heavy atom. The zero-order chi connectivity index (χ0) is 19.1. The molecule has 0 aliphatic carbocycles. The molecule has 1 aromatic heterocycles. The highest BCUT2D eigenvalue weighted by Gasteiger charge is 2.13. The first kappa shape index (κ1) is 19.3. The van der Waals surface area contributed by atoms with Gasteiger partial charge in [-0.15, -0.1) is 0 Å². The van der Waals surface area contributed by atoms with Crippen molar-refractivity contribution in [1.82, 2.24) is 9.88 Å². The van der Waals surface area contributed by atoms with Gasteiger partial charge in [0.05, 0.1) is 6.54 Å². The van der Waals surface area contributed by atoms with Crippen molar-refractivity contribution >= 4 is 17.3 Å². The summed E-state index contributed by atoms with van der Waals surface area (Å²) in [6.45, 7) is 4.78. The van der Waals surface area contributed by atoms with Crippen LogP contribution >= 0.6 is 0 Å². The van der Waals surface area contributed by atoms with Crippen LogP contribution in [0, 0.1) is 12.9 Å². The number of amides is 1. The number of carbonyl (C=O) groups is 1. The lowest BCUT2D eigenvalue weighted by Gasteiger charge is -2.19. The van der Waals surface area contributed by atoms with E-state index >= 15 is 0 Å². The van der Waals surface area contributed by atoms with Crippen molar-refractivity contribution in [2.24, 2.45) is 0 Å². The predicted octanol–water partition coefficient (Wildman–Crippen LogP) is 3.96. The molecule has 1 amide bonds. The fourth-order valence-electron chi connectivity index (χ4n) is 3.35. The summed E-state index contributed by atoms with van der Waals surface area (Å²) in [5, 5.41) is 6.28. The maximum absolute atomic E-state index is 13.1. The average Bonchev–Trinajstić information content (AvgIpc) is 2.90. The highest BCUT2D eigenvalue weighted by Crippen LogP contribution is 2.17. The summed E-state index contributed by atoms with van der Waals surface area (Å²) in [5.41, 5.74) is 3.27. The Morgan fingerprint density at radius 3 is 2.59 bits per heavy atom. The molecule has 1 fully saturated rings. The summed E-state index contributed by atoms with van der Waals surface area (Å²) in [7, 11) is 0. The van der Waals surface area contributed by atoms with E-state index in [1.807, 2.05) is 24.3 Å². The number of carbonyl (C=O) groups excluding carboxylic acids is 1. The second-order valence-corrected chi connectivity index (χ2v) is 7.05. The minimum atomic E-state index is -0.467. The summed E-state index contributed by atoms with van der Waals surface area (Å²) in [6.07, 6.45) is 4.86. The molecule has 6 heteroatoms. The van der Waals surface area contributed by atoms with Crippen LogP contribution in [0.4, 0.5) is 15.8 Å². The maximum atomic E-state index is 13.1. The third-order valence-corrected chi connectivity index (χ3v) is 4.86. The van der Waals surface area contributed by atoms with Gasteiger partial charge in [-0.3, -0.25) is 9.69 Å². The van der Waals surface area contributed by atoms with E-state index in [9.17, 15) is 9.18 Å². The largest absolute Gasteiger partial charge is 0.381 e. The van der Waals surface area contributed by atoms with Gasteiger partial charge in [-0.1, -0.05) is 25.0 Å². The molecule has 3 rings (SSSR count). The lowest BCUT2D eigenvalue weighted by Crippen LogP contribution is -2.33. The van der Waals surface area contributed by atoms with Gasteiger partial charge in [-0.25, -0.2) is 4.98 Å². The van der Waals surface area contributed by atoms with Crippen LogP contribution in [-0.4, -0.2) is 35.4 Å². The molecule has 0 unspecified atom stereocenters. The first-order valence-electron chi connectivity index (χ1n) is 9.58. The molecule has 0 saturated carbocycles. The van der Waals surface area contributed by atoms with E-state index in [1.54, 1.807) is 13.0 Å². The Labute approximate surface area is 160 Å². The zero-order valence-corrected chi connectivity index (χ0v) is 15.8. The van der Waals surface area contributed by atoms with Crippen molar-refractivity contribution in [3.05, 3.63) is 53.6 Å². The number of hydrogen-bond acceptors (Lipinski definition) is 4. The SMILES string of the molecule is Cc1nc(F)ccc1CNc1cccc(NC(=O)CN2CCCCCC2)c1.